The van der Waals surface area contributed by atoms with E-state index in [-0.39, 0.29) is 34.9 Å². The molecule has 9 nitrogen and oxygen atoms in total. The standard InChI is InChI=1S/C18H22ClN3O6/c1-3-28-18(25)12-6-8-21(9-7-12)16(23)11-20(2)17(24)14-5-4-13(19)10-15(14)22(26)27/h4-5,10,12H,3,6-9,11H2,1-2H3. The van der Waals surface area contributed by atoms with Crippen LogP contribution in [0.2, 0.25) is 5.02 Å². The molecule has 1 fully saturated rings. The molecule has 1 aromatic rings. The fourth-order valence-electron chi connectivity index (χ4n) is 3.04. The Balaban J connectivity index is 1.97. The lowest BCUT2D eigenvalue weighted by Crippen LogP contribution is -2.45. The quantitative estimate of drug-likeness (QED) is 0.403. The van der Waals surface area contributed by atoms with Gasteiger partial charge in [-0.1, -0.05) is 11.6 Å². The monoisotopic (exact) mass is 411 g/mol. The molecule has 0 aromatic heterocycles. The molecule has 0 spiro atoms. The number of nitro benzene ring substituents is 1. The van der Waals surface area contributed by atoms with E-state index in [9.17, 15) is 24.5 Å². The molecule has 152 valence electrons. The largest absolute Gasteiger partial charge is 0.466 e. The predicted octanol–water partition coefficient (Wildman–Crippen LogP) is 2.12. The summed E-state index contributed by atoms with van der Waals surface area (Å²) < 4.78 is 5.00. The molecule has 0 bridgehead atoms. The van der Waals surface area contributed by atoms with Crippen LogP contribution in [0.25, 0.3) is 0 Å². The van der Waals surface area contributed by atoms with Crippen molar-refractivity contribution in [3.8, 4) is 0 Å². The van der Waals surface area contributed by atoms with Crippen LogP contribution in [0, 0.1) is 16.0 Å². The Morgan fingerprint density at radius 2 is 1.96 bits per heavy atom. The van der Waals surface area contributed by atoms with Crippen LogP contribution in [0.1, 0.15) is 30.1 Å². The van der Waals surface area contributed by atoms with Gasteiger partial charge in [0, 0.05) is 31.2 Å². The third-order valence-electron chi connectivity index (χ3n) is 4.57. The summed E-state index contributed by atoms with van der Waals surface area (Å²) in [6.45, 7) is 2.63. The summed E-state index contributed by atoms with van der Waals surface area (Å²) in [5, 5.41) is 11.3. The van der Waals surface area contributed by atoms with Crippen LogP contribution in [0.3, 0.4) is 0 Å². The van der Waals surface area contributed by atoms with Gasteiger partial charge >= 0.3 is 5.97 Å². The zero-order chi connectivity index (χ0) is 20.8. The Morgan fingerprint density at radius 1 is 1.32 bits per heavy atom. The molecule has 10 heteroatoms. The normalized spacial score (nSPS) is 14.5. The molecule has 1 saturated heterocycles. The van der Waals surface area contributed by atoms with Crippen LogP contribution >= 0.6 is 11.6 Å². The number of hydrogen-bond donors (Lipinski definition) is 0. The summed E-state index contributed by atoms with van der Waals surface area (Å²) in [5.41, 5.74) is -0.544. The van der Waals surface area contributed by atoms with Gasteiger partial charge in [-0.2, -0.15) is 0 Å². The number of piperidine rings is 1. The average molecular weight is 412 g/mol. The molecule has 0 radical (unpaired) electrons. The predicted molar refractivity (Wildman–Crippen MR) is 101 cm³/mol. The highest BCUT2D eigenvalue weighted by molar-refractivity contribution is 6.31. The van der Waals surface area contributed by atoms with Crippen molar-refractivity contribution in [3.05, 3.63) is 38.9 Å². The second kappa shape index (κ2) is 9.50. The molecule has 2 rings (SSSR count). The van der Waals surface area contributed by atoms with Crippen molar-refractivity contribution >= 4 is 35.1 Å². The molecule has 2 amide bonds. The van der Waals surface area contributed by atoms with Gasteiger partial charge in [-0.25, -0.2) is 0 Å². The van der Waals surface area contributed by atoms with Crippen LogP contribution in [-0.4, -0.2) is 65.8 Å². The first kappa shape index (κ1) is 21.6. The van der Waals surface area contributed by atoms with Crippen molar-refractivity contribution in [2.24, 2.45) is 5.92 Å². The van der Waals surface area contributed by atoms with Crippen LogP contribution < -0.4 is 0 Å². The lowest BCUT2D eigenvalue weighted by molar-refractivity contribution is -0.385. The molecule has 1 aromatic carbocycles. The van der Waals surface area contributed by atoms with Gasteiger partial charge in [0.15, 0.2) is 0 Å². The van der Waals surface area contributed by atoms with Crippen LogP contribution in [0.4, 0.5) is 5.69 Å². The summed E-state index contributed by atoms with van der Waals surface area (Å²) in [6.07, 6.45) is 1.01. The topological polar surface area (TPSA) is 110 Å². The Hall–Kier alpha value is -2.68. The first-order valence-electron chi connectivity index (χ1n) is 8.88. The molecule has 1 heterocycles. The van der Waals surface area contributed by atoms with E-state index in [0.29, 0.717) is 32.5 Å². The van der Waals surface area contributed by atoms with Gasteiger partial charge in [0.1, 0.15) is 5.56 Å². The number of nitro groups is 1. The number of nitrogens with zero attached hydrogens (tertiary/aromatic N) is 3. The number of rotatable bonds is 6. The van der Waals surface area contributed by atoms with Gasteiger partial charge < -0.3 is 14.5 Å². The smallest absolute Gasteiger partial charge is 0.309 e. The van der Waals surface area contributed by atoms with Crippen LogP contribution in [0.5, 0.6) is 0 Å². The molecular weight excluding hydrogens is 390 g/mol. The number of carbonyl (C=O) groups excluding carboxylic acids is 3. The lowest BCUT2D eigenvalue weighted by Gasteiger charge is -2.32. The number of esters is 1. The van der Waals surface area contributed by atoms with E-state index in [4.69, 9.17) is 16.3 Å². The van der Waals surface area contributed by atoms with E-state index in [1.54, 1.807) is 11.8 Å². The molecular formula is C18H22ClN3O6. The maximum absolute atomic E-state index is 12.6. The highest BCUT2D eigenvalue weighted by Gasteiger charge is 2.30. The minimum Gasteiger partial charge on any atom is -0.466 e. The number of ether oxygens (including phenoxy) is 1. The summed E-state index contributed by atoms with van der Waals surface area (Å²) in [4.78, 5) is 50.0. The highest BCUT2D eigenvalue weighted by atomic mass is 35.5. The first-order valence-corrected chi connectivity index (χ1v) is 9.26. The molecule has 0 atom stereocenters. The second-order valence-corrected chi connectivity index (χ2v) is 6.92. The van der Waals surface area contributed by atoms with Crippen molar-refractivity contribution in [3.63, 3.8) is 0 Å². The third kappa shape index (κ3) is 5.19. The Morgan fingerprint density at radius 3 is 2.54 bits per heavy atom. The number of likely N-dealkylation sites (N-methyl/N-ethyl adjacent to an activating group) is 1. The van der Waals surface area contributed by atoms with Gasteiger partial charge in [-0.05, 0) is 31.9 Å². The van der Waals surface area contributed by atoms with Crippen molar-refractivity contribution in [1.82, 2.24) is 9.80 Å². The third-order valence-corrected chi connectivity index (χ3v) is 4.81. The van der Waals surface area contributed by atoms with Crippen molar-refractivity contribution in [2.45, 2.75) is 19.8 Å². The van der Waals surface area contributed by atoms with Gasteiger partial charge in [0.05, 0.1) is 24.0 Å². The fraction of sp³-hybridized carbons (Fsp3) is 0.500. The number of amides is 2. The number of likely N-dealkylation sites (tertiary alicyclic amines) is 1. The fourth-order valence-corrected chi connectivity index (χ4v) is 3.21. The second-order valence-electron chi connectivity index (χ2n) is 6.49. The molecule has 0 N–H and O–H groups in total. The number of hydrogen-bond acceptors (Lipinski definition) is 6. The van der Waals surface area contributed by atoms with Crippen molar-refractivity contribution in [1.29, 1.82) is 0 Å². The van der Waals surface area contributed by atoms with Crippen molar-refractivity contribution in [2.75, 3.05) is 33.3 Å². The summed E-state index contributed by atoms with van der Waals surface area (Å²) in [7, 11) is 1.41. The number of carbonyl (C=O) groups is 3. The van der Waals surface area contributed by atoms with Gasteiger partial charge in [0.25, 0.3) is 11.6 Å². The minimum absolute atomic E-state index is 0.134. The minimum atomic E-state index is -0.686. The molecule has 0 aliphatic carbocycles. The molecule has 0 unspecified atom stereocenters. The van der Waals surface area contributed by atoms with E-state index < -0.39 is 16.5 Å². The maximum atomic E-state index is 12.6. The Kier molecular flexibility index (Phi) is 7.33. The average Bonchev–Trinajstić information content (AvgIpc) is 2.67. The van der Waals surface area contributed by atoms with Gasteiger partial charge in [-0.3, -0.25) is 24.5 Å². The van der Waals surface area contributed by atoms with E-state index >= 15 is 0 Å². The summed E-state index contributed by atoms with van der Waals surface area (Å²) >= 11 is 5.76. The van der Waals surface area contributed by atoms with Crippen LogP contribution in [-0.2, 0) is 14.3 Å². The highest BCUT2D eigenvalue weighted by Crippen LogP contribution is 2.24. The summed E-state index contributed by atoms with van der Waals surface area (Å²) in [5.74, 6) is -1.40. The number of benzene rings is 1. The molecule has 1 aliphatic rings. The molecule has 0 saturated carbocycles. The van der Waals surface area contributed by atoms with E-state index in [2.05, 4.69) is 0 Å². The zero-order valence-corrected chi connectivity index (χ0v) is 16.5. The Bertz CT molecular complexity index is 777. The SMILES string of the molecule is CCOC(=O)C1CCN(C(=O)CN(C)C(=O)c2ccc(Cl)cc2[N+](=O)[O-])CC1. The molecule has 28 heavy (non-hydrogen) atoms. The van der Waals surface area contributed by atoms with E-state index in [0.717, 1.165) is 11.0 Å². The lowest BCUT2D eigenvalue weighted by atomic mass is 9.97. The van der Waals surface area contributed by atoms with E-state index in [1.165, 1.54) is 19.2 Å². The number of halogens is 1. The van der Waals surface area contributed by atoms with Crippen molar-refractivity contribution < 1.29 is 24.0 Å². The molecule has 1 aliphatic heterocycles. The first-order chi connectivity index (χ1) is 13.2. The van der Waals surface area contributed by atoms with Gasteiger partial charge in [-0.15, -0.1) is 0 Å². The van der Waals surface area contributed by atoms with E-state index in [1.807, 2.05) is 0 Å². The van der Waals surface area contributed by atoms with Crippen LogP contribution in [0.15, 0.2) is 18.2 Å². The zero-order valence-electron chi connectivity index (χ0n) is 15.7. The van der Waals surface area contributed by atoms with Gasteiger partial charge in [0.2, 0.25) is 5.91 Å². The maximum Gasteiger partial charge on any atom is 0.309 e. The Labute approximate surface area is 167 Å². The summed E-state index contributed by atoms with van der Waals surface area (Å²) in [6, 6.07) is 3.76.